The highest BCUT2D eigenvalue weighted by molar-refractivity contribution is 5.28. The van der Waals surface area contributed by atoms with E-state index in [-0.39, 0.29) is 11.8 Å². The maximum atomic E-state index is 9.51. The van der Waals surface area contributed by atoms with Crippen molar-refractivity contribution < 1.29 is 5.11 Å². The number of benzene rings is 1. The van der Waals surface area contributed by atoms with Crippen molar-refractivity contribution in [1.82, 2.24) is 15.3 Å². The Labute approximate surface area is 113 Å². The lowest BCUT2D eigenvalue weighted by Gasteiger charge is -2.16. The molecule has 0 aliphatic heterocycles. The minimum Gasteiger partial charge on any atom is -0.508 e. The lowest BCUT2D eigenvalue weighted by molar-refractivity contribution is 0.472. The number of phenolic OH excluding ortho intramolecular Hbond substituents is 1. The first-order chi connectivity index (χ1) is 9.19. The molecule has 0 bridgehead atoms. The first-order valence-electron chi connectivity index (χ1n) is 6.49. The largest absolute Gasteiger partial charge is 0.508 e. The summed E-state index contributed by atoms with van der Waals surface area (Å²) >= 11 is 0. The summed E-state index contributed by atoms with van der Waals surface area (Å²) in [5.74, 6) is 1.08. The van der Waals surface area contributed by atoms with E-state index < -0.39 is 0 Å². The summed E-state index contributed by atoms with van der Waals surface area (Å²) in [4.78, 5) is 8.76. The van der Waals surface area contributed by atoms with Gasteiger partial charge in [-0.3, -0.25) is 0 Å². The van der Waals surface area contributed by atoms with Crippen molar-refractivity contribution in [3.05, 3.63) is 53.6 Å². The molecule has 4 nitrogen and oxygen atoms in total. The second-order valence-corrected chi connectivity index (χ2v) is 4.60. The number of rotatable bonds is 5. The zero-order valence-electron chi connectivity index (χ0n) is 11.3. The number of hydrogen-bond acceptors (Lipinski definition) is 4. The maximum absolute atomic E-state index is 9.51. The lowest BCUT2D eigenvalue weighted by Crippen LogP contribution is -2.25. The van der Waals surface area contributed by atoms with E-state index in [0.29, 0.717) is 0 Å². The van der Waals surface area contributed by atoms with Crippen molar-refractivity contribution in [3.63, 3.8) is 0 Å². The lowest BCUT2D eigenvalue weighted by atomic mass is 10.0. The minimum atomic E-state index is 0.0624. The van der Waals surface area contributed by atoms with Crippen molar-refractivity contribution >= 4 is 0 Å². The van der Waals surface area contributed by atoms with Gasteiger partial charge in [-0.2, -0.15) is 0 Å². The molecule has 0 saturated carbocycles. The summed E-state index contributed by atoms with van der Waals surface area (Å²) < 4.78 is 0. The van der Waals surface area contributed by atoms with Gasteiger partial charge in [-0.25, -0.2) is 9.97 Å². The first-order valence-corrected chi connectivity index (χ1v) is 6.49. The van der Waals surface area contributed by atoms with Crippen LogP contribution in [-0.4, -0.2) is 21.6 Å². The molecule has 19 heavy (non-hydrogen) atoms. The molecule has 1 aromatic carbocycles. The Morgan fingerprint density at radius 1 is 1.26 bits per heavy atom. The molecule has 0 fully saturated rings. The molecule has 0 aliphatic rings. The van der Waals surface area contributed by atoms with E-state index in [2.05, 4.69) is 22.2 Å². The van der Waals surface area contributed by atoms with E-state index >= 15 is 0 Å². The van der Waals surface area contributed by atoms with Crippen molar-refractivity contribution in [2.75, 3.05) is 6.54 Å². The molecule has 0 saturated heterocycles. The standard InChI is InChI=1S/C15H19N3O/c1-3-16-14(15-17-9-11(2)10-18-15)8-12-5-4-6-13(19)7-12/h4-7,9-10,14,16,19H,3,8H2,1-2H3. The summed E-state index contributed by atoms with van der Waals surface area (Å²) in [7, 11) is 0. The third-order valence-corrected chi connectivity index (χ3v) is 2.91. The molecule has 0 spiro atoms. The smallest absolute Gasteiger partial charge is 0.145 e. The molecule has 0 aliphatic carbocycles. The Bertz CT molecular complexity index is 525. The van der Waals surface area contributed by atoms with Crippen LogP contribution in [0.3, 0.4) is 0 Å². The highest BCUT2D eigenvalue weighted by Crippen LogP contribution is 2.18. The highest BCUT2D eigenvalue weighted by Gasteiger charge is 2.14. The fourth-order valence-corrected chi connectivity index (χ4v) is 2.00. The van der Waals surface area contributed by atoms with Gasteiger partial charge in [-0.05, 0) is 43.1 Å². The number of likely N-dealkylation sites (N-methyl/N-ethyl adjacent to an activating group) is 1. The number of aromatic hydroxyl groups is 1. The van der Waals surface area contributed by atoms with Gasteiger partial charge in [-0.1, -0.05) is 19.1 Å². The number of aromatic nitrogens is 2. The van der Waals surface area contributed by atoms with E-state index in [1.807, 2.05) is 31.5 Å². The number of aryl methyl sites for hydroxylation is 1. The van der Waals surface area contributed by atoms with Gasteiger partial charge in [-0.15, -0.1) is 0 Å². The molecule has 0 radical (unpaired) electrons. The number of nitrogens with one attached hydrogen (secondary N) is 1. The summed E-state index contributed by atoms with van der Waals surface area (Å²) in [5.41, 5.74) is 2.12. The van der Waals surface area contributed by atoms with Crippen LogP contribution >= 0.6 is 0 Å². The summed E-state index contributed by atoms with van der Waals surface area (Å²) in [6, 6.07) is 7.36. The fourth-order valence-electron chi connectivity index (χ4n) is 2.00. The Morgan fingerprint density at radius 3 is 2.63 bits per heavy atom. The second kappa shape index (κ2) is 6.29. The van der Waals surface area contributed by atoms with Gasteiger partial charge < -0.3 is 10.4 Å². The Morgan fingerprint density at radius 2 is 2.00 bits per heavy atom. The quantitative estimate of drug-likeness (QED) is 0.863. The van der Waals surface area contributed by atoms with Crippen molar-refractivity contribution in [2.45, 2.75) is 26.3 Å². The Kier molecular flexibility index (Phi) is 4.47. The fraction of sp³-hybridized carbons (Fsp3) is 0.333. The highest BCUT2D eigenvalue weighted by atomic mass is 16.3. The van der Waals surface area contributed by atoms with Gasteiger partial charge >= 0.3 is 0 Å². The number of phenols is 1. The second-order valence-electron chi connectivity index (χ2n) is 4.60. The van der Waals surface area contributed by atoms with Gasteiger partial charge in [0, 0.05) is 12.4 Å². The van der Waals surface area contributed by atoms with Crippen molar-refractivity contribution in [2.24, 2.45) is 0 Å². The molecular formula is C15H19N3O. The van der Waals surface area contributed by atoms with Crippen LogP contribution in [0.1, 0.15) is 29.9 Å². The summed E-state index contributed by atoms with van der Waals surface area (Å²) in [6.07, 6.45) is 4.41. The molecule has 1 atom stereocenters. The van der Waals surface area contributed by atoms with Crippen LogP contribution in [0.5, 0.6) is 5.75 Å². The average Bonchev–Trinajstić information content (AvgIpc) is 2.39. The molecule has 0 amide bonds. The monoisotopic (exact) mass is 257 g/mol. The van der Waals surface area contributed by atoms with Crippen LogP contribution in [-0.2, 0) is 6.42 Å². The molecule has 4 heteroatoms. The molecule has 100 valence electrons. The zero-order chi connectivity index (χ0) is 13.7. The van der Waals surface area contributed by atoms with Crippen LogP contribution in [0, 0.1) is 6.92 Å². The third kappa shape index (κ3) is 3.76. The molecule has 2 N–H and O–H groups in total. The van der Waals surface area contributed by atoms with Crippen molar-refractivity contribution in [1.29, 1.82) is 0 Å². The number of nitrogens with zero attached hydrogens (tertiary/aromatic N) is 2. The van der Waals surface area contributed by atoms with Crippen molar-refractivity contribution in [3.8, 4) is 5.75 Å². The van der Waals surface area contributed by atoms with Crippen LogP contribution in [0.4, 0.5) is 0 Å². The minimum absolute atomic E-state index is 0.0624. The maximum Gasteiger partial charge on any atom is 0.145 e. The van der Waals surface area contributed by atoms with E-state index in [0.717, 1.165) is 29.9 Å². The van der Waals surface area contributed by atoms with E-state index in [1.54, 1.807) is 12.1 Å². The van der Waals surface area contributed by atoms with E-state index in [4.69, 9.17) is 0 Å². The average molecular weight is 257 g/mol. The van der Waals surface area contributed by atoms with E-state index in [1.165, 1.54) is 0 Å². The van der Waals surface area contributed by atoms with Gasteiger partial charge in [0.25, 0.3) is 0 Å². The molecule has 1 aromatic heterocycles. The van der Waals surface area contributed by atoms with Gasteiger partial charge in [0.2, 0.25) is 0 Å². The van der Waals surface area contributed by atoms with Gasteiger partial charge in [0.1, 0.15) is 11.6 Å². The summed E-state index contributed by atoms with van der Waals surface area (Å²) in [6.45, 7) is 4.88. The topological polar surface area (TPSA) is 58.0 Å². The number of hydrogen-bond donors (Lipinski definition) is 2. The molecule has 1 unspecified atom stereocenters. The predicted molar refractivity (Wildman–Crippen MR) is 75.0 cm³/mol. The van der Waals surface area contributed by atoms with E-state index in [9.17, 15) is 5.11 Å². The summed E-state index contributed by atoms with van der Waals surface area (Å²) in [5, 5.41) is 12.9. The van der Waals surface area contributed by atoms with Crippen LogP contribution < -0.4 is 5.32 Å². The van der Waals surface area contributed by atoms with Crippen LogP contribution in [0.15, 0.2) is 36.7 Å². The van der Waals surface area contributed by atoms with Crippen LogP contribution in [0.25, 0.3) is 0 Å². The molecule has 2 rings (SSSR count). The molecule has 1 heterocycles. The van der Waals surface area contributed by atoms with Gasteiger partial charge in [0.15, 0.2) is 0 Å². The van der Waals surface area contributed by atoms with Crippen LogP contribution in [0.2, 0.25) is 0 Å². The first kappa shape index (κ1) is 13.5. The Balaban J connectivity index is 2.18. The zero-order valence-corrected chi connectivity index (χ0v) is 11.3. The third-order valence-electron chi connectivity index (χ3n) is 2.91. The molecular weight excluding hydrogens is 238 g/mol. The SMILES string of the molecule is CCNC(Cc1cccc(O)c1)c1ncc(C)cn1. The normalized spacial score (nSPS) is 12.3. The van der Waals surface area contributed by atoms with Gasteiger partial charge in [0.05, 0.1) is 6.04 Å². The predicted octanol–water partition coefficient (Wildman–Crippen LogP) is 2.38. The Hall–Kier alpha value is -1.94. The molecule has 2 aromatic rings.